The minimum absolute atomic E-state index is 0.258. The number of pyridine rings is 1. The summed E-state index contributed by atoms with van der Waals surface area (Å²) in [5.74, 6) is -0.180. The molecule has 1 saturated heterocycles. The summed E-state index contributed by atoms with van der Waals surface area (Å²) in [4.78, 5) is 29.3. The molecule has 1 N–H and O–H groups in total. The Balaban J connectivity index is 1.74. The highest BCUT2D eigenvalue weighted by molar-refractivity contribution is 8.26. The van der Waals surface area contributed by atoms with Crippen LogP contribution in [0, 0.1) is 0 Å². The van der Waals surface area contributed by atoms with Gasteiger partial charge in [0.05, 0.1) is 17.7 Å². The van der Waals surface area contributed by atoms with Gasteiger partial charge in [0, 0.05) is 11.8 Å². The molecule has 25 heavy (non-hydrogen) atoms. The van der Waals surface area contributed by atoms with Crippen LogP contribution < -0.4 is 10.2 Å². The molecule has 6 nitrogen and oxygen atoms in total. The summed E-state index contributed by atoms with van der Waals surface area (Å²) in [7, 11) is 1.54. The molecule has 2 amide bonds. The van der Waals surface area contributed by atoms with Crippen molar-refractivity contribution in [2.45, 2.75) is 0 Å². The van der Waals surface area contributed by atoms with Crippen molar-refractivity contribution in [2.24, 2.45) is 0 Å². The average molecular weight is 371 g/mol. The zero-order valence-corrected chi connectivity index (χ0v) is 14.8. The Kier molecular flexibility index (Phi) is 5.11. The molecule has 1 aliphatic rings. The number of thioether (sulfide) groups is 1. The van der Waals surface area contributed by atoms with Gasteiger partial charge in [-0.15, -0.1) is 0 Å². The van der Waals surface area contributed by atoms with Gasteiger partial charge in [-0.25, -0.2) is 0 Å². The van der Waals surface area contributed by atoms with Crippen molar-refractivity contribution in [3.63, 3.8) is 0 Å². The molecule has 2 aromatic rings. The Labute approximate surface area is 153 Å². The number of carbonyl (C=O) groups excluding carboxylic acids is 2. The fraction of sp³-hybridized carbons (Fsp3) is 0.0588. The van der Waals surface area contributed by atoms with Crippen molar-refractivity contribution in [1.82, 2.24) is 15.4 Å². The highest BCUT2D eigenvalue weighted by atomic mass is 32.2. The summed E-state index contributed by atoms with van der Waals surface area (Å²) >= 11 is 6.30. The van der Waals surface area contributed by atoms with Crippen molar-refractivity contribution in [3.8, 4) is 5.75 Å². The summed E-state index contributed by atoms with van der Waals surface area (Å²) in [5.41, 5.74) is 3.56. The molecule has 2 heterocycles. The lowest BCUT2D eigenvalue weighted by molar-refractivity contribution is -0.123. The summed E-state index contributed by atoms with van der Waals surface area (Å²) in [6.45, 7) is 0. The van der Waals surface area contributed by atoms with E-state index in [-0.39, 0.29) is 10.2 Å². The molecule has 0 radical (unpaired) electrons. The number of carbonyl (C=O) groups is 2. The molecule has 0 unspecified atom stereocenters. The maximum atomic E-state index is 12.5. The molecule has 0 bridgehead atoms. The van der Waals surface area contributed by atoms with Crippen LogP contribution in [-0.2, 0) is 4.79 Å². The van der Waals surface area contributed by atoms with Crippen molar-refractivity contribution in [1.29, 1.82) is 0 Å². The highest BCUT2D eigenvalue weighted by Gasteiger charge is 2.33. The first kappa shape index (κ1) is 17.1. The van der Waals surface area contributed by atoms with Crippen molar-refractivity contribution in [3.05, 3.63) is 64.8 Å². The van der Waals surface area contributed by atoms with Gasteiger partial charge in [0.25, 0.3) is 11.8 Å². The Morgan fingerprint density at radius 1 is 1.28 bits per heavy atom. The second-order valence-corrected chi connectivity index (χ2v) is 6.62. The van der Waals surface area contributed by atoms with Crippen LogP contribution >= 0.6 is 24.0 Å². The number of rotatable bonds is 4. The van der Waals surface area contributed by atoms with Crippen LogP contribution in [-0.4, -0.2) is 33.2 Å². The molecular formula is C17H13N3O3S2. The molecule has 1 aromatic heterocycles. The van der Waals surface area contributed by atoms with Crippen LogP contribution in [0.3, 0.4) is 0 Å². The second-order valence-electron chi connectivity index (χ2n) is 4.94. The quantitative estimate of drug-likeness (QED) is 0.658. The average Bonchev–Trinajstić information content (AvgIpc) is 2.90. The van der Waals surface area contributed by atoms with E-state index in [4.69, 9.17) is 17.0 Å². The Hall–Kier alpha value is -2.71. The zero-order chi connectivity index (χ0) is 17.8. The maximum Gasteiger partial charge on any atom is 0.285 e. The first-order valence-electron chi connectivity index (χ1n) is 7.22. The van der Waals surface area contributed by atoms with E-state index in [1.54, 1.807) is 55.8 Å². The lowest BCUT2D eigenvalue weighted by Gasteiger charge is -2.15. The van der Waals surface area contributed by atoms with Gasteiger partial charge in [0.1, 0.15) is 5.75 Å². The van der Waals surface area contributed by atoms with Crippen LogP contribution in [0.4, 0.5) is 0 Å². The minimum atomic E-state index is -0.432. The third-order valence-electron chi connectivity index (χ3n) is 3.33. The fourth-order valence-corrected chi connectivity index (χ4v) is 3.23. The largest absolute Gasteiger partial charge is 0.497 e. The number of nitrogens with one attached hydrogen (secondary N) is 1. The molecule has 0 aliphatic carbocycles. The molecule has 0 atom stereocenters. The smallest absolute Gasteiger partial charge is 0.285 e. The van der Waals surface area contributed by atoms with E-state index < -0.39 is 5.91 Å². The number of ether oxygens (including phenoxy) is 1. The summed E-state index contributed by atoms with van der Waals surface area (Å²) in [6.07, 6.45) is 3.27. The first-order valence-corrected chi connectivity index (χ1v) is 8.45. The van der Waals surface area contributed by atoms with Gasteiger partial charge in [-0.1, -0.05) is 17.8 Å². The summed E-state index contributed by atoms with van der Waals surface area (Å²) < 4.78 is 5.31. The van der Waals surface area contributed by atoms with E-state index >= 15 is 0 Å². The monoisotopic (exact) mass is 371 g/mol. The molecular weight excluding hydrogens is 358 g/mol. The van der Waals surface area contributed by atoms with E-state index in [0.29, 0.717) is 21.9 Å². The van der Waals surface area contributed by atoms with Crippen LogP contribution in [0.2, 0.25) is 0 Å². The maximum absolute atomic E-state index is 12.5. The predicted molar refractivity (Wildman–Crippen MR) is 99.7 cm³/mol. The van der Waals surface area contributed by atoms with Crippen molar-refractivity contribution >= 4 is 46.2 Å². The number of thiocarbonyl (C=S) groups is 1. The molecule has 8 heteroatoms. The molecule has 1 aliphatic heterocycles. The van der Waals surface area contributed by atoms with E-state index in [1.807, 2.05) is 6.07 Å². The topological polar surface area (TPSA) is 71.5 Å². The third-order valence-corrected chi connectivity index (χ3v) is 4.63. The number of methoxy groups -OCH3 is 1. The van der Waals surface area contributed by atoms with Crippen LogP contribution in [0.1, 0.15) is 16.1 Å². The Bertz CT molecular complexity index is 851. The van der Waals surface area contributed by atoms with Gasteiger partial charge in [0.15, 0.2) is 4.32 Å². The number of amides is 2. The number of nitrogens with zero attached hydrogens (tertiary/aromatic N) is 2. The van der Waals surface area contributed by atoms with Crippen LogP contribution in [0.15, 0.2) is 53.6 Å². The van der Waals surface area contributed by atoms with E-state index in [1.165, 1.54) is 0 Å². The normalized spacial score (nSPS) is 15.6. The lowest BCUT2D eigenvalue weighted by atomic mass is 10.2. The Morgan fingerprint density at radius 3 is 2.68 bits per heavy atom. The van der Waals surface area contributed by atoms with Gasteiger partial charge in [-0.3, -0.25) is 20.0 Å². The summed E-state index contributed by atoms with van der Waals surface area (Å²) in [6, 6.07) is 11.9. The van der Waals surface area contributed by atoms with Gasteiger partial charge in [0.2, 0.25) is 0 Å². The fourth-order valence-electron chi connectivity index (χ4n) is 2.07. The lowest BCUT2D eigenvalue weighted by Crippen LogP contribution is -2.44. The van der Waals surface area contributed by atoms with Gasteiger partial charge >= 0.3 is 0 Å². The predicted octanol–water partition coefficient (Wildman–Crippen LogP) is 2.64. The third kappa shape index (κ3) is 3.86. The van der Waals surface area contributed by atoms with E-state index in [2.05, 4.69) is 10.4 Å². The number of hydrogen-bond acceptors (Lipinski definition) is 6. The molecule has 126 valence electrons. The SMILES string of the molecule is COc1ccc(C(=O)NN2C(=O)C(=Cc3ccccn3)SC2=S)cc1. The van der Waals surface area contributed by atoms with E-state index in [0.717, 1.165) is 16.8 Å². The summed E-state index contributed by atoms with van der Waals surface area (Å²) in [5, 5.41) is 1.07. The molecule has 0 saturated carbocycles. The number of aromatic nitrogens is 1. The van der Waals surface area contributed by atoms with Gasteiger partial charge in [-0.05, 0) is 54.7 Å². The van der Waals surface area contributed by atoms with Crippen molar-refractivity contribution < 1.29 is 14.3 Å². The molecule has 1 aromatic carbocycles. The standard InChI is InChI=1S/C17H13N3O3S2/c1-23-13-7-5-11(6-8-13)15(21)19-20-16(22)14(25-17(20)24)10-12-4-2-3-9-18-12/h2-10H,1H3,(H,19,21). The van der Waals surface area contributed by atoms with Crippen LogP contribution in [0.5, 0.6) is 5.75 Å². The van der Waals surface area contributed by atoms with Gasteiger partial charge < -0.3 is 4.74 Å². The number of benzene rings is 1. The zero-order valence-electron chi connectivity index (χ0n) is 13.1. The molecule has 3 rings (SSSR count). The van der Waals surface area contributed by atoms with E-state index in [9.17, 15) is 9.59 Å². The van der Waals surface area contributed by atoms with Crippen LogP contribution in [0.25, 0.3) is 6.08 Å². The second kappa shape index (κ2) is 7.45. The highest BCUT2D eigenvalue weighted by Crippen LogP contribution is 2.31. The molecule has 0 spiro atoms. The number of hydrogen-bond donors (Lipinski definition) is 1. The van der Waals surface area contributed by atoms with Gasteiger partial charge in [-0.2, -0.15) is 5.01 Å². The minimum Gasteiger partial charge on any atom is -0.497 e. The number of hydrazine groups is 1. The van der Waals surface area contributed by atoms with Crippen molar-refractivity contribution in [2.75, 3.05) is 7.11 Å². The molecule has 1 fully saturated rings. The Morgan fingerprint density at radius 2 is 2.04 bits per heavy atom. The first-order chi connectivity index (χ1) is 12.1.